The minimum Gasteiger partial charge on any atom is -0.314 e. The Labute approximate surface area is 367 Å². The van der Waals surface area contributed by atoms with E-state index < -0.39 is 0 Å². The molecule has 0 heterocycles. The highest BCUT2D eigenvalue weighted by molar-refractivity contribution is 5.81. The molecular weight excluding hydrogens is 749 g/mol. The minimum atomic E-state index is 0.967. The van der Waals surface area contributed by atoms with E-state index in [0.29, 0.717) is 0 Å². The Bertz CT molecular complexity index is 2770. The van der Waals surface area contributed by atoms with Crippen molar-refractivity contribution in [3.8, 4) is 11.1 Å². The Morgan fingerprint density at radius 3 is 1.10 bits per heavy atom. The Hall–Kier alpha value is -7.16. The minimum absolute atomic E-state index is 0.967. The Morgan fingerprint density at radius 2 is 0.629 bits per heavy atom. The van der Waals surface area contributed by atoms with Gasteiger partial charge in [0.15, 0.2) is 0 Å². The summed E-state index contributed by atoms with van der Waals surface area (Å²) in [4.78, 5) is 4.80. The van der Waals surface area contributed by atoms with Crippen molar-refractivity contribution in [2.75, 3.05) is 9.80 Å². The van der Waals surface area contributed by atoms with Crippen molar-refractivity contribution in [2.24, 2.45) is 0 Å². The number of hydrogen-bond donors (Lipinski definition) is 0. The van der Waals surface area contributed by atoms with Gasteiger partial charge in [0.1, 0.15) is 0 Å². The zero-order valence-electron chi connectivity index (χ0n) is 35.3. The standard InChI is InChI=1S/C60H52N2/c1-5-13-45(14-6-1)48-21-23-49(24-22-48)52-29-39-56(40-30-52)61(55-19-11-4-12-20-55)57-41-31-53(32-42-57)54-33-43-60(44-34-54)62(58-35-25-50(26-36-58)46-15-7-2-8-16-46)59-37-27-51(28-38-59)47-17-9-3-10-18-47/h1-5,7-9,11-13,15-17,19-21,23,25,27-35,37-44H,6,10,14,18,22,24,26,36H2. The van der Waals surface area contributed by atoms with Gasteiger partial charge in [0.05, 0.1) is 0 Å². The molecule has 6 aromatic carbocycles. The fourth-order valence-electron chi connectivity index (χ4n) is 9.32. The normalized spacial score (nSPS) is 16.0. The van der Waals surface area contributed by atoms with Crippen molar-refractivity contribution in [2.45, 2.75) is 51.4 Å². The average molecular weight is 801 g/mol. The first-order valence-electron chi connectivity index (χ1n) is 22.4. The van der Waals surface area contributed by atoms with Crippen molar-refractivity contribution in [3.63, 3.8) is 0 Å². The van der Waals surface area contributed by atoms with E-state index >= 15 is 0 Å². The number of nitrogens with zero attached hydrogens (tertiary/aromatic N) is 2. The highest BCUT2D eigenvalue weighted by Crippen LogP contribution is 2.40. The summed E-state index contributed by atoms with van der Waals surface area (Å²) >= 11 is 0. The maximum atomic E-state index is 2.44. The summed E-state index contributed by atoms with van der Waals surface area (Å²) in [6.07, 6.45) is 31.4. The van der Waals surface area contributed by atoms with E-state index in [-0.39, 0.29) is 0 Å². The van der Waals surface area contributed by atoms with Crippen LogP contribution in [0.15, 0.2) is 235 Å². The summed E-state index contributed by atoms with van der Waals surface area (Å²) < 4.78 is 0. The van der Waals surface area contributed by atoms with Crippen LogP contribution in [0.2, 0.25) is 0 Å². The summed E-state index contributed by atoms with van der Waals surface area (Å²) in [5.41, 5.74) is 20.5. The summed E-state index contributed by atoms with van der Waals surface area (Å²) in [6.45, 7) is 0. The first-order valence-corrected chi connectivity index (χ1v) is 22.4. The third-order valence-electron chi connectivity index (χ3n) is 12.7. The molecule has 0 unspecified atom stereocenters. The highest BCUT2D eigenvalue weighted by Gasteiger charge is 2.20. The molecule has 0 radical (unpaired) electrons. The molecule has 0 atom stereocenters. The van der Waals surface area contributed by atoms with Gasteiger partial charge < -0.3 is 9.80 Å². The lowest BCUT2D eigenvalue weighted by Crippen LogP contribution is -2.18. The van der Waals surface area contributed by atoms with E-state index in [9.17, 15) is 0 Å². The van der Waals surface area contributed by atoms with Gasteiger partial charge >= 0.3 is 0 Å². The Kier molecular flexibility index (Phi) is 11.5. The van der Waals surface area contributed by atoms with Gasteiger partial charge in [0, 0.05) is 34.1 Å². The molecule has 4 aliphatic rings. The van der Waals surface area contributed by atoms with Crippen LogP contribution in [0.25, 0.3) is 27.8 Å². The number of para-hydroxylation sites is 1. The average Bonchev–Trinajstić information content (AvgIpc) is 3.36. The fraction of sp³-hybridized carbons (Fsp3) is 0.133. The van der Waals surface area contributed by atoms with Gasteiger partial charge in [-0.25, -0.2) is 0 Å². The molecule has 0 saturated heterocycles. The molecule has 0 aromatic heterocycles. The van der Waals surface area contributed by atoms with Gasteiger partial charge in [0.25, 0.3) is 0 Å². The van der Waals surface area contributed by atoms with E-state index in [0.717, 1.165) is 68.4 Å². The van der Waals surface area contributed by atoms with E-state index in [2.05, 4.69) is 228 Å². The second kappa shape index (κ2) is 18.2. The van der Waals surface area contributed by atoms with Crippen LogP contribution in [0, 0.1) is 0 Å². The van der Waals surface area contributed by atoms with Crippen LogP contribution in [0.3, 0.4) is 0 Å². The Balaban J connectivity index is 0.910. The van der Waals surface area contributed by atoms with Gasteiger partial charge in [0.2, 0.25) is 0 Å². The molecule has 62 heavy (non-hydrogen) atoms. The SMILES string of the molecule is C1=CCCC(C2=CC=C(c3ccc(N(c4ccccc4)c4ccc(-c5ccc(N(C6=CC=C(c7ccccc7)CC6)c6ccc(C7=CC=CCC7)cc6)cc5)cc4)cc3)CC2)=C1. The molecule has 4 aliphatic carbocycles. The number of allylic oxidation sites excluding steroid dienone is 16. The summed E-state index contributed by atoms with van der Waals surface area (Å²) in [7, 11) is 0. The molecule has 0 bridgehead atoms. The lowest BCUT2D eigenvalue weighted by atomic mass is 9.87. The topological polar surface area (TPSA) is 6.48 Å². The van der Waals surface area contributed by atoms with Crippen molar-refractivity contribution >= 4 is 45.2 Å². The third kappa shape index (κ3) is 8.55. The lowest BCUT2D eigenvalue weighted by Gasteiger charge is -2.30. The molecule has 2 nitrogen and oxygen atoms in total. The van der Waals surface area contributed by atoms with E-state index in [1.807, 2.05) is 0 Å². The molecule has 0 amide bonds. The largest absolute Gasteiger partial charge is 0.314 e. The number of benzene rings is 6. The van der Waals surface area contributed by atoms with E-state index in [4.69, 9.17) is 0 Å². The summed E-state index contributed by atoms with van der Waals surface area (Å²) in [5.74, 6) is 0. The summed E-state index contributed by atoms with van der Waals surface area (Å²) in [5, 5.41) is 0. The maximum absolute atomic E-state index is 2.44. The second-order valence-electron chi connectivity index (χ2n) is 16.6. The zero-order chi connectivity index (χ0) is 41.5. The maximum Gasteiger partial charge on any atom is 0.0462 e. The first-order chi connectivity index (χ1) is 30.7. The van der Waals surface area contributed by atoms with Crippen molar-refractivity contribution in [1.82, 2.24) is 0 Å². The summed E-state index contributed by atoms with van der Waals surface area (Å²) in [6, 6.07) is 57.9. The number of anilines is 5. The third-order valence-corrected chi connectivity index (χ3v) is 12.7. The Morgan fingerprint density at radius 1 is 0.258 bits per heavy atom. The molecule has 10 rings (SSSR count). The molecule has 302 valence electrons. The van der Waals surface area contributed by atoms with Crippen LogP contribution in [-0.4, -0.2) is 0 Å². The van der Waals surface area contributed by atoms with Gasteiger partial charge in [-0.15, -0.1) is 0 Å². The van der Waals surface area contributed by atoms with Gasteiger partial charge in [-0.05, 0) is 174 Å². The second-order valence-corrected chi connectivity index (χ2v) is 16.6. The van der Waals surface area contributed by atoms with Crippen LogP contribution in [0.1, 0.15) is 68.1 Å². The van der Waals surface area contributed by atoms with Crippen LogP contribution >= 0.6 is 0 Å². The van der Waals surface area contributed by atoms with Crippen molar-refractivity contribution in [1.29, 1.82) is 0 Å². The highest BCUT2D eigenvalue weighted by atomic mass is 15.2. The van der Waals surface area contributed by atoms with Crippen molar-refractivity contribution in [3.05, 3.63) is 252 Å². The van der Waals surface area contributed by atoms with Crippen LogP contribution in [0.4, 0.5) is 28.4 Å². The number of rotatable bonds is 11. The molecule has 0 N–H and O–H groups in total. The smallest absolute Gasteiger partial charge is 0.0462 e. The van der Waals surface area contributed by atoms with Crippen LogP contribution < -0.4 is 9.80 Å². The molecule has 0 spiro atoms. The molecule has 0 saturated carbocycles. The van der Waals surface area contributed by atoms with Gasteiger partial charge in [-0.2, -0.15) is 0 Å². The first kappa shape index (κ1) is 39.0. The molecule has 0 aliphatic heterocycles. The van der Waals surface area contributed by atoms with Crippen LogP contribution in [0.5, 0.6) is 0 Å². The van der Waals surface area contributed by atoms with E-state index in [1.165, 1.54) is 72.8 Å². The van der Waals surface area contributed by atoms with Crippen molar-refractivity contribution < 1.29 is 0 Å². The fourth-order valence-corrected chi connectivity index (χ4v) is 9.32. The molecular formula is C60H52N2. The quantitative estimate of drug-likeness (QED) is 0.129. The van der Waals surface area contributed by atoms with Gasteiger partial charge in [-0.1, -0.05) is 152 Å². The molecule has 0 fully saturated rings. The lowest BCUT2D eigenvalue weighted by molar-refractivity contribution is 0.905. The van der Waals surface area contributed by atoms with Gasteiger partial charge in [-0.3, -0.25) is 0 Å². The zero-order valence-corrected chi connectivity index (χ0v) is 35.3. The molecule has 2 heteroatoms. The van der Waals surface area contributed by atoms with E-state index in [1.54, 1.807) is 0 Å². The van der Waals surface area contributed by atoms with Crippen LogP contribution in [-0.2, 0) is 0 Å². The monoisotopic (exact) mass is 800 g/mol. The predicted octanol–water partition coefficient (Wildman–Crippen LogP) is 16.8. The predicted molar refractivity (Wildman–Crippen MR) is 265 cm³/mol. The molecule has 6 aromatic rings. The number of hydrogen-bond acceptors (Lipinski definition) is 2.